The number of fused-ring (bicyclic) bond motifs is 1. The van der Waals surface area contributed by atoms with Crippen LogP contribution in [0.25, 0.3) is 5.65 Å². The van der Waals surface area contributed by atoms with Crippen LogP contribution in [0.5, 0.6) is 0 Å². The molecule has 23 heavy (non-hydrogen) atoms. The molecule has 0 radical (unpaired) electrons. The smallest absolute Gasteiger partial charge is 0.137 e. The van der Waals surface area contributed by atoms with Crippen molar-refractivity contribution in [3.63, 3.8) is 0 Å². The Morgan fingerprint density at radius 1 is 1.30 bits per heavy atom. The first-order valence-corrected chi connectivity index (χ1v) is 7.18. The van der Waals surface area contributed by atoms with E-state index in [4.69, 9.17) is 5.26 Å². The molecule has 0 aliphatic carbocycles. The minimum atomic E-state index is -0.926. The average molecular weight is 310 g/mol. The molecule has 1 unspecified atom stereocenters. The van der Waals surface area contributed by atoms with Crippen LogP contribution in [-0.4, -0.2) is 21.0 Å². The average Bonchev–Trinajstić information content (AvgIpc) is 2.97. The molecule has 2 aromatic heterocycles. The van der Waals surface area contributed by atoms with Gasteiger partial charge in [0, 0.05) is 24.8 Å². The Bertz CT molecular complexity index is 868. The topological polar surface area (TPSA) is 73.3 Å². The van der Waals surface area contributed by atoms with Crippen molar-refractivity contribution in [1.82, 2.24) is 14.7 Å². The number of halogens is 1. The fourth-order valence-corrected chi connectivity index (χ4v) is 2.42. The van der Waals surface area contributed by atoms with E-state index < -0.39 is 11.9 Å². The van der Waals surface area contributed by atoms with Gasteiger partial charge in [0.1, 0.15) is 17.5 Å². The highest BCUT2D eigenvalue weighted by molar-refractivity contribution is 5.44. The Kier molecular flexibility index (Phi) is 4.33. The Balaban J connectivity index is 1.67. The molecule has 3 rings (SSSR count). The molecule has 3 aromatic rings. The van der Waals surface area contributed by atoms with Crippen LogP contribution in [0, 0.1) is 17.1 Å². The van der Waals surface area contributed by atoms with Gasteiger partial charge in [0.05, 0.1) is 23.6 Å². The molecule has 5 nitrogen and oxygen atoms in total. The van der Waals surface area contributed by atoms with E-state index in [1.807, 2.05) is 4.40 Å². The van der Waals surface area contributed by atoms with E-state index in [2.05, 4.69) is 16.4 Å². The SMILES string of the molecule is N#Cc1ccc2ncc(CNCC(O)c3ccccc3F)n2c1. The van der Waals surface area contributed by atoms with E-state index in [-0.39, 0.29) is 12.1 Å². The summed E-state index contributed by atoms with van der Waals surface area (Å²) in [5.41, 5.74) is 2.42. The maximum absolute atomic E-state index is 13.6. The number of imidazole rings is 1. The highest BCUT2D eigenvalue weighted by atomic mass is 19.1. The summed E-state index contributed by atoms with van der Waals surface area (Å²) in [5, 5.41) is 22.1. The maximum Gasteiger partial charge on any atom is 0.137 e. The van der Waals surface area contributed by atoms with Crippen LogP contribution in [0.1, 0.15) is 22.9 Å². The highest BCUT2D eigenvalue weighted by Gasteiger charge is 2.12. The van der Waals surface area contributed by atoms with Gasteiger partial charge in [0.15, 0.2) is 0 Å². The number of nitrogens with zero attached hydrogens (tertiary/aromatic N) is 3. The minimum Gasteiger partial charge on any atom is -0.387 e. The van der Waals surface area contributed by atoms with E-state index in [1.165, 1.54) is 6.07 Å². The van der Waals surface area contributed by atoms with Gasteiger partial charge in [-0.2, -0.15) is 5.26 Å². The Hall–Kier alpha value is -2.75. The van der Waals surface area contributed by atoms with Crippen LogP contribution >= 0.6 is 0 Å². The van der Waals surface area contributed by atoms with Gasteiger partial charge in [0.2, 0.25) is 0 Å². The predicted octanol–water partition coefficient (Wildman–Crippen LogP) is 2.17. The van der Waals surface area contributed by atoms with E-state index in [9.17, 15) is 9.50 Å². The molecule has 0 aliphatic heterocycles. The van der Waals surface area contributed by atoms with Gasteiger partial charge >= 0.3 is 0 Å². The summed E-state index contributed by atoms with van der Waals surface area (Å²) >= 11 is 0. The third-order valence-electron chi connectivity index (χ3n) is 3.62. The third-order valence-corrected chi connectivity index (χ3v) is 3.62. The van der Waals surface area contributed by atoms with E-state index in [1.54, 1.807) is 42.7 Å². The van der Waals surface area contributed by atoms with Crippen molar-refractivity contribution in [2.24, 2.45) is 0 Å². The molecule has 0 spiro atoms. The fourth-order valence-electron chi connectivity index (χ4n) is 2.42. The second kappa shape index (κ2) is 6.57. The fraction of sp³-hybridized carbons (Fsp3) is 0.176. The summed E-state index contributed by atoms with van der Waals surface area (Å²) in [6.07, 6.45) is 2.50. The maximum atomic E-state index is 13.6. The molecule has 1 aromatic carbocycles. The van der Waals surface area contributed by atoms with Gasteiger partial charge in [-0.3, -0.25) is 0 Å². The Morgan fingerprint density at radius 3 is 2.91 bits per heavy atom. The van der Waals surface area contributed by atoms with E-state index in [0.717, 1.165) is 11.3 Å². The first-order valence-electron chi connectivity index (χ1n) is 7.18. The second-order valence-corrected chi connectivity index (χ2v) is 5.18. The van der Waals surface area contributed by atoms with Crippen molar-refractivity contribution in [1.29, 1.82) is 5.26 Å². The monoisotopic (exact) mass is 310 g/mol. The second-order valence-electron chi connectivity index (χ2n) is 5.18. The van der Waals surface area contributed by atoms with Crippen molar-refractivity contribution in [3.05, 3.63) is 71.4 Å². The molecule has 0 saturated heterocycles. The minimum absolute atomic E-state index is 0.214. The number of hydrogen-bond donors (Lipinski definition) is 2. The van der Waals surface area contributed by atoms with Crippen LogP contribution in [0.4, 0.5) is 4.39 Å². The van der Waals surface area contributed by atoms with Gasteiger partial charge in [-0.1, -0.05) is 18.2 Å². The summed E-state index contributed by atoms with van der Waals surface area (Å²) in [7, 11) is 0. The number of hydrogen-bond acceptors (Lipinski definition) is 4. The lowest BCUT2D eigenvalue weighted by atomic mass is 10.1. The summed E-state index contributed by atoms with van der Waals surface area (Å²) < 4.78 is 15.4. The Labute approximate surface area is 132 Å². The molecule has 0 aliphatic rings. The molecule has 6 heteroatoms. The number of benzene rings is 1. The Morgan fingerprint density at radius 2 is 2.13 bits per heavy atom. The van der Waals surface area contributed by atoms with Crippen molar-refractivity contribution in [2.75, 3.05) is 6.54 Å². The molecule has 0 fully saturated rings. The number of nitrogens with one attached hydrogen (secondary N) is 1. The number of nitriles is 1. The first-order chi connectivity index (χ1) is 11.2. The lowest BCUT2D eigenvalue weighted by molar-refractivity contribution is 0.169. The zero-order valence-electron chi connectivity index (χ0n) is 12.3. The van der Waals surface area contributed by atoms with Crippen molar-refractivity contribution < 1.29 is 9.50 Å². The van der Waals surface area contributed by atoms with Gasteiger partial charge in [0.25, 0.3) is 0 Å². The summed E-state index contributed by atoms with van der Waals surface area (Å²) in [6.45, 7) is 0.660. The standard InChI is InChI=1S/C17H15FN4O/c18-15-4-2-1-3-14(15)16(23)10-20-8-13-9-21-17-6-5-12(7-19)11-22(13)17/h1-6,9,11,16,20,23H,8,10H2. The zero-order chi connectivity index (χ0) is 16.2. The van der Waals surface area contributed by atoms with Gasteiger partial charge < -0.3 is 14.8 Å². The molecule has 2 N–H and O–H groups in total. The summed E-state index contributed by atoms with van der Waals surface area (Å²) in [5.74, 6) is -0.421. The summed E-state index contributed by atoms with van der Waals surface area (Å²) in [4.78, 5) is 4.26. The lowest BCUT2D eigenvalue weighted by Gasteiger charge is -2.13. The van der Waals surface area contributed by atoms with Crippen molar-refractivity contribution in [3.8, 4) is 6.07 Å². The molecule has 116 valence electrons. The largest absolute Gasteiger partial charge is 0.387 e. The van der Waals surface area contributed by atoms with Crippen LogP contribution < -0.4 is 5.32 Å². The molecular weight excluding hydrogens is 295 g/mol. The molecule has 1 atom stereocenters. The molecule has 2 heterocycles. The van der Waals surface area contributed by atoms with Crippen LogP contribution in [0.3, 0.4) is 0 Å². The van der Waals surface area contributed by atoms with E-state index >= 15 is 0 Å². The van der Waals surface area contributed by atoms with E-state index in [0.29, 0.717) is 12.1 Å². The van der Waals surface area contributed by atoms with Gasteiger partial charge in [-0.05, 0) is 18.2 Å². The predicted molar refractivity (Wildman–Crippen MR) is 83.0 cm³/mol. The lowest BCUT2D eigenvalue weighted by Crippen LogP contribution is -2.22. The van der Waals surface area contributed by atoms with Crippen LogP contribution in [-0.2, 0) is 6.54 Å². The normalized spacial score (nSPS) is 12.2. The third kappa shape index (κ3) is 3.21. The molecule has 0 saturated carbocycles. The molecule has 0 bridgehead atoms. The number of pyridine rings is 1. The number of aliphatic hydroxyl groups excluding tert-OH is 1. The molecule has 0 amide bonds. The van der Waals surface area contributed by atoms with Gasteiger partial charge in [-0.15, -0.1) is 0 Å². The van der Waals surface area contributed by atoms with Crippen molar-refractivity contribution in [2.45, 2.75) is 12.6 Å². The van der Waals surface area contributed by atoms with Crippen LogP contribution in [0.15, 0.2) is 48.8 Å². The first kappa shape index (κ1) is 15.2. The number of rotatable bonds is 5. The molecular formula is C17H15FN4O. The van der Waals surface area contributed by atoms with Crippen molar-refractivity contribution >= 4 is 5.65 Å². The summed E-state index contributed by atoms with van der Waals surface area (Å²) in [6, 6.07) is 11.7. The number of aliphatic hydroxyl groups is 1. The highest BCUT2D eigenvalue weighted by Crippen LogP contribution is 2.16. The zero-order valence-corrected chi connectivity index (χ0v) is 12.3. The van der Waals surface area contributed by atoms with Gasteiger partial charge in [-0.25, -0.2) is 9.37 Å². The van der Waals surface area contributed by atoms with Crippen LogP contribution in [0.2, 0.25) is 0 Å². The quantitative estimate of drug-likeness (QED) is 0.757. The number of aromatic nitrogens is 2.